The second-order valence-electron chi connectivity index (χ2n) is 7.06. The molecule has 0 saturated carbocycles. The smallest absolute Gasteiger partial charge is 0.269 e. The van der Waals surface area contributed by atoms with Crippen LogP contribution in [0.3, 0.4) is 0 Å². The molecule has 0 radical (unpaired) electrons. The molecule has 0 bridgehead atoms. The number of amides is 1. The predicted molar refractivity (Wildman–Crippen MR) is 104 cm³/mol. The number of hydrazine groups is 1. The number of carbonyl (C=O) groups excluding carboxylic acids is 1. The number of halogens is 2. The molecule has 2 heterocycles. The molecule has 4 rings (SSSR count). The molecule has 1 unspecified atom stereocenters. The largest absolute Gasteiger partial charge is 0.352 e. The van der Waals surface area contributed by atoms with E-state index in [1.54, 1.807) is 31.2 Å². The zero-order valence-corrected chi connectivity index (χ0v) is 15.9. The Morgan fingerprint density at radius 1 is 1.17 bits per heavy atom. The van der Waals surface area contributed by atoms with Crippen molar-refractivity contribution in [3.05, 3.63) is 82.6 Å². The standard InChI is InChI=1S/C22H18F2N4O/c1-13-18(17-8-7-16(23)9-19(17)24)10-21-27(2)20(11-22(29)28(21)26-13)15-5-3-14(12-25)4-6-15/h3-9,11,21,26H,10H2,1-2H3. The van der Waals surface area contributed by atoms with Crippen molar-refractivity contribution in [1.29, 1.82) is 5.26 Å². The van der Waals surface area contributed by atoms with Crippen LogP contribution in [0.2, 0.25) is 0 Å². The van der Waals surface area contributed by atoms with Crippen LogP contribution < -0.4 is 5.43 Å². The number of nitrogens with one attached hydrogen (secondary N) is 1. The average molecular weight is 392 g/mol. The fraction of sp³-hybridized carbons (Fsp3) is 0.182. The van der Waals surface area contributed by atoms with Crippen LogP contribution in [0.25, 0.3) is 11.3 Å². The van der Waals surface area contributed by atoms with Crippen LogP contribution in [0.4, 0.5) is 8.78 Å². The summed E-state index contributed by atoms with van der Waals surface area (Å²) in [7, 11) is 1.86. The van der Waals surface area contributed by atoms with Gasteiger partial charge in [-0.2, -0.15) is 5.26 Å². The molecule has 5 nitrogen and oxygen atoms in total. The Hall–Kier alpha value is -3.66. The lowest BCUT2D eigenvalue weighted by molar-refractivity contribution is -0.136. The third kappa shape index (κ3) is 3.23. The molecule has 1 amide bonds. The molecule has 0 saturated heterocycles. The molecular weight excluding hydrogens is 374 g/mol. The topological polar surface area (TPSA) is 59.4 Å². The van der Waals surface area contributed by atoms with Gasteiger partial charge in [-0.3, -0.25) is 10.2 Å². The fourth-order valence-electron chi connectivity index (χ4n) is 3.76. The van der Waals surface area contributed by atoms with Crippen molar-refractivity contribution >= 4 is 17.2 Å². The van der Waals surface area contributed by atoms with Gasteiger partial charge in [0, 0.05) is 36.9 Å². The normalized spacial score (nSPS) is 18.8. The lowest BCUT2D eigenvalue weighted by Crippen LogP contribution is -2.59. The molecule has 2 aromatic rings. The Bertz CT molecular complexity index is 1100. The molecule has 7 heteroatoms. The van der Waals surface area contributed by atoms with Gasteiger partial charge in [0.25, 0.3) is 5.91 Å². The van der Waals surface area contributed by atoms with Crippen molar-refractivity contribution in [1.82, 2.24) is 15.3 Å². The Morgan fingerprint density at radius 3 is 2.55 bits per heavy atom. The van der Waals surface area contributed by atoms with Gasteiger partial charge in [-0.05, 0) is 42.3 Å². The summed E-state index contributed by atoms with van der Waals surface area (Å²) in [6.07, 6.45) is 1.51. The van der Waals surface area contributed by atoms with Crippen LogP contribution in [-0.2, 0) is 4.79 Å². The molecule has 2 aliphatic rings. The first-order valence-corrected chi connectivity index (χ1v) is 9.09. The molecule has 2 aliphatic heterocycles. The van der Waals surface area contributed by atoms with E-state index in [-0.39, 0.29) is 12.1 Å². The van der Waals surface area contributed by atoms with Gasteiger partial charge >= 0.3 is 0 Å². The van der Waals surface area contributed by atoms with E-state index in [0.29, 0.717) is 34.5 Å². The van der Waals surface area contributed by atoms with E-state index in [1.165, 1.54) is 23.2 Å². The van der Waals surface area contributed by atoms with Crippen LogP contribution in [0.1, 0.15) is 30.0 Å². The summed E-state index contributed by atoms with van der Waals surface area (Å²) in [5.74, 6) is -1.49. The maximum Gasteiger partial charge on any atom is 0.269 e. The second-order valence-corrected chi connectivity index (χ2v) is 7.06. The van der Waals surface area contributed by atoms with Crippen molar-refractivity contribution in [3.8, 4) is 6.07 Å². The number of carbonyl (C=O) groups is 1. The van der Waals surface area contributed by atoms with Crippen molar-refractivity contribution in [3.63, 3.8) is 0 Å². The lowest BCUT2D eigenvalue weighted by Gasteiger charge is -2.46. The number of nitrogens with zero attached hydrogens (tertiary/aromatic N) is 3. The Kier molecular flexibility index (Phi) is 4.55. The summed E-state index contributed by atoms with van der Waals surface area (Å²) in [6.45, 7) is 1.77. The van der Waals surface area contributed by atoms with E-state index in [0.717, 1.165) is 11.6 Å². The van der Waals surface area contributed by atoms with Crippen molar-refractivity contribution in [2.24, 2.45) is 0 Å². The Labute approximate surface area is 167 Å². The highest BCUT2D eigenvalue weighted by molar-refractivity contribution is 5.97. The van der Waals surface area contributed by atoms with Crippen LogP contribution in [0.5, 0.6) is 0 Å². The van der Waals surface area contributed by atoms with Gasteiger partial charge in [0.15, 0.2) is 0 Å². The monoisotopic (exact) mass is 392 g/mol. The van der Waals surface area contributed by atoms with Gasteiger partial charge in [0.2, 0.25) is 0 Å². The minimum Gasteiger partial charge on any atom is -0.352 e. The average Bonchev–Trinajstić information content (AvgIpc) is 2.71. The Balaban J connectivity index is 1.69. The van der Waals surface area contributed by atoms with Crippen LogP contribution in [-0.4, -0.2) is 29.0 Å². The second kappa shape index (κ2) is 7.06. The first-order valence-electron chi connectivity index (χ1n) is 9.09. The summed E-state index contributed by atoms with van der Waals surface area (Å²) in [6, 6.07) is 12.6. The first kappa shape index (κ1) is 18.7. The van der Waals surface area contributed by atoms with Gasteiger partial charge in [0.05, 0.1) is 17.3 Å². The van der Waals surface area contributed by atoms with Crippen molar-refractivity contribution in [2.75, 3.05) is 7.05 Å². The van der Waals surface area contributed by atoms with Crippen LogP contribution >= 0.6 is 0 Å². The number of fused-ring (bicyclic) bond motifs is 1. The van der Waals surface area contributed by atoms with Gasteiger partial charge in [-0.25, -0.2) is 13.8 Å². The number of hydrogen-bond donors (Lipinski definition) is 1. The molecule has 0 aliphatic carbocycles. The van der Waals surface area contributed by atoms with Crippen LogP contribution in [0.15, 0.2) is 54.2 Å². The molecule has 1 atom stereocenters. The quantitative estimate of drug-likeness (QED) is 0.848. The zero-order valence-electron chi connectivity index (χ0n) is 15.9. The van der Waals surface area contributed by atoms with E-state index in [4.69, 9.17) is 5.26 Å². The number of allylic oxidation sites excluding steroid dienone is 1. The van der Waals surface area contributed by atoms with E-state index >= 15 is 0 Å². The summed E-state index contributed by atoms with van der Waals surface area (Å²) in [5.41, 5.74) is 6.74. The van der Waals surface area contributed by atoms with E-state index in [1.807, 2.05) is 11.9 Å². The van der Waals surface area contributed by atoms with Gasteiger partial charge < -0.3 is 4.90 Å². The molecule has 29 heavy (non-hydrogen) atoms. The summed E-state index contributed by atoms with van der Waals surface area (Å²) >= 11 is 0. The SMILES string of the molecule is CC1=C(c2ccc(F)cc2F)CC2N(C)C(c3ccc(C#N)cc3)=CC(=O)N2N1. The van der Waals surface area contributed by atoms with E-state index in [9.17, 15) is 13.6 Å². The highest BCUT2D eigenvalue weighted by Gasteiger charge is 2.37. The molecule has 1 N–H and O–H groups in total. The fourth-order valence-corrected chi connectivity index (χ4v) is 3.76. The maximum atomic E-state index is 14.4. The predicted octanol–water partition coefficient (Wildman–Crippen LogP) is 3.62. The van der Waals surface area contributed by atoms with Crippen LogP contribution in [0, 0.1) is 23.0 Å². The molecule has 146 valence electrons. The van der Waals surface area contributed by atoms with Gasteiger partial charge in [-0.15, -0.1) is 0 Å². The summed E-state index contributed by atoms with van der Waals surface area (Å²) < 4.78 is 27.7. The Morgan fingerprint density at radius 2 is 1.90 bits per heavy atom. The third-order valence-electron chi connectivity index (χ3n) is 5.32. The molecular formula is C22H18F2N4O. The van der Waals surface area contributed by atoms with E-state index < -0.39 is 11.6 Å². The minimum absolute atomic E-state index is 0.217. The minimum atomic E-state index is -0.637. The zero-order chi connectivity index (χ0) is 20.7. The number of rotatable bonds is 2. The summed E-state index contributed by atoms with van der Waals surface area (Å²) in [4.78, 5) is 14.7. The molecule has 0 fully saturated rings. The molecule has 2 aromatic carbocycles. The van der Waals surface area contributed by atoms with Crippen molar-refractivity contribution in [2.45, 2.75) is 19.5 Å². The number of benzene rings is 2. The van der Waals surface area contributed by atoms with Crippen molar-refractivity contribution < 1.29 is 13.6 Å². The number of nitriles is 1. The third-order valence-corrected chi connectivity index (χ3v) is 5.32. The van der Waals surface area contributed by atoms with E-state index in [2.05, 4.69) is 11.5 Å². The molecule has 0 aromatic heterocycles. The number of hydrogen-bond acceptors (Lipinski definition) is 4. The highest BCUT2D eigenvalue weighted by Crippen LogP contribution is 2.36. The maximum absolute atomic E-state index is 14.4. The first-order chi connectivity index (χ1) is 13.9. The highest BCUT2D eigenvalue weighted by atomic mass is 19.1. The van der Waals surface area contributed by atoms with Gasteiger partial charge in [0.1, 0.15) is 17.8 Å². The molecule has 0 spiro atoms. The van der Waals surface area contributed by atoms with Gasteiger partial charge in [-0.1, -0.05) is 12.1 Å². The summed E-state index contributed by atoms with van der Waals surface area (Å²) in [5, 5.41) is 10.5. The lowest BCUT2D eigenvalue weighted by atomic mass is 9.95.